The molecule has 1 saturated heterocycles. The number of nitrogens with zero attached hydrogens (tertiary/aromatic N) is 8. The zero-order valence-electron chi connectivity index (χ0n) is 86.9. The number of rotatable bonds is 60. The van der Waals surface area contributed by atoms with E-state index in [1.165, 1.54) is 81.4 Å². The van der Waals surface area contributed by atoms with Crippen molar-refractivity contribution < 1.29 is 96.8 Å². The van der Waals surface area contributed by atoms with Gasteiger partial charge in [-0.15, -0.1) is 0 Å². The fourth-order valence-electron chi connectivity index (χ4n) is 15.8. The summed E-state index contributed by atoms with van der Waals surface area (Å²) in [5.41, 5.74) is 57.2. The van der Waals surface area contributed by atoms with Crippen LogP contribution in [0, 0.1) is 29.6 Å². The molecule has 53 heteroatoms. The Bertz CT molecular complexity index is 5530. The van der Waals surface area contributed by atoms with E-state index >= 15 is 0 Å². The molecule has 1 fully saturated rings. The molecule has 17 amide bonds. The van der Waals surface area contributed by atoms with Crippen LogP contribution in [0.1, 0.15) is 170 Å². The molecule has 3 aromatic carbocycles. The van der Waals surface area contributed by atoms with Gasteiger partial charge in [0.15, 0.2) is 17.9 Å². The van der Waals surface area contributed by atoms with Gasteiger partial charge in [-0.1, -0.05) is 93.0 Å². The van der Waals surface area contributed by atoms with Crippen LogP contribution in [-0.2, 0) is 107 Å². The first-order valence-electron chi connectivity index (χ1n) is 49.6. The van der Waals surface area contributed by atoms with E-state index in [1.807, 2.05) is 32.6 Å². The highest BCUT2D eigenvalue weighted by Crippen LogP contribution is 2.24. The molecule has 0 spiro atoms. The lowest BCUT2D eigenvalue weighted by Crippen LogP contribution is -2.61. The first-order chi connectivity index (χ1) is 70.7. The fourth-order valence-corrected chi connectivity index (χ4v) is 15.8. The van der Waals surface area contributed by atoms with Crippen LogP contribution in [0.3, 0.4) is 0 Å². The van der Waals surface area contributed by atoms with Gasteiger partial charge in [0.25, 0.3) is 5.56 Å². The Hall–Kier alpha value is -15.9. The SMILES string of the molecule is CC(C)C[C@H](C)C(=O)N[C@H](C(=O)N[C@H](C(=O)N[C@@H](CCCN=C(N)N)C(=O)N[C@@H](CCC(N)=O)C(=O)N[C@@H](CCCN=C(N)N)C(=O)N[C@@H](Cc1ccc(O)cc1)C(N)=O)[C@@H](C)O)C(C)C.CC[C@H](C)[C@H](N)C(=O)N[C@@H](C)C(=O)N1CCN(c2ccc3ncn(CC(=O)N[C@@H](CCCN=C(N)N)C(=O)N[C@@H](Cc4cnc[nH]4)C(=O)N[C@@H](Cc4ccc(O)cc4)C(=O)N[C@@H](CC(C)C)C(=O)N[C@@H](CC(N)=O)C(=O)NC)c(=O)c3c2)CC1. The summed E-state index contributed by atoms with van der Waals surface area (Å²) in [6, 6.07) is -0.123. The Labute approximate surface area is 868 Å². The summed E-state index contributed by atoms with van der Waals surface area (Å²) in [6.07, 6.45) is 2.08. The standard InChI is InChI=1S/C55H80N18O11.C42H72N14O10/c1-7-31(4)46(57)52(82)65-32(5)53(83)72-19-17-71(18-20-72)35-12-15-38-37(24-35)54(84)73(29-64-38)27-45(76)66-39(9-8-16-62-55(58)59)48(78)69-42(23-34-26-61-28-63-34)51(81)68-41(22-33-10-13-36(74)14-11-33)50(80)67-40(21-30(2)3)49(79)70-43(25-44(56)75)47(77)60-6;1-21(2)19-23(5)35(61)55-32(22(3)4)39(65)56-33(24(6)57)40(66)53-28(10-8-18-50-42(47)48)36(62)52-29(15-16-31(43)59)38(64)51-27(9-7-17-49-41(45)46)37(63)54-30(34(44)60)20-25-11-13-26(58)14-12-25/h10-15,24,26,28-32,39-43,46,74H,7-9,16-23,25,27,57H2,1-6H3,(H2,56,75)(H,60,77)(H,61,63)(H,65,82)(H,66,76)(H,67,80)(H,68,81)(H,69,78)(H,70,79)(H4,58,59,62);11-14,21-24,27-30,32-33,57-58H,7-10,15-20H2,1-6H3,(H2,43,59)(H2,44,60)(H,51,64)(H,52,62)(H,53,66)(H,54,63)(H,55,61)(H,56,65)(H4,45,46,49)(H4,47,48,50)/t31-,32-,39-,40-,41-,42-,43-,46-;23-,24+,27-,28-,29-,30-,32-,33-/m00/s1. The number of nitrogens with two attached hydrogens (primary N) is 10. The Morgan fingerprint density at radius 3 is 1.36 bits per heavy atom. The Balaban J connectivity index is 0.000000544. The van der Waals surface area contributed by atoms with Crippen molar-refractivity contribution in [1.29, 1.82) is 0 Å². The minimum Gasteiger partial charge on any atom is -0.508 e. The second-order valence-corrected chi connectivity index (χ2v) is 38.1. The van der Waals surface area contributed by atoms with Crippen LogP contribution in [0.25, 0.3) is 10.9 Å². The zero-order chi connectivity index (χ0) is 112. The molecule has 1 aliphatic rings. The summed E-state index contributed by atoms with van der Waals surface area (Å²) in [6.45, 7) is 20.3. The number of hydrogen-bond acceptors (Lipinski definition) is 28. The number of aromatic nitrogens is 4. The largest absolute Gasteiger partial charge is 0.508 e. The molecular formula is C97H152N32O21. The van der Waals surface area contributed by atoms with E-state index in [0.29, 0.717) is 67.0 Å². The number of hydrogen-bond donors (Lipinski definition) is 27. The monoisotopic (exact) mass is 2100 g/mol. The number of likely N-dealkylation sites (N-methyl/N-ethyl adjacent to an activating group) is 1. The smallest absolute Gasteiger partial charge is 0.261 e. The number of aliphatic hydroxyl groups excluding tert-OH is 1. The molecule has 53 nitrogen and oxygen atoms in total. The molecule has 16 atom stereocenters. The van der Waals surface area contributed by atoms with Gasteiger partial charge >= 0.3 is 0 Å². The predicted molar refractivity (Wildman–Crippen MR) is 557 cm³/mol. The number of aromatic amines is 1. The second-order valence-electron chi connectivity index (χ2n) is 38.1. The number of primary amides is 3. The van der Waals surface area contributed by atoms with Gasteiger partial charge in [-0.3, -0.25) is 106 Å². The number of anilines is 1. The van der Waals surface area contributed by atoms with Crippen LogP contribution in [0.5, 0.6) is 11.5 Å². The van der Waals surface area contributed by atoms with Crippen molar-refractivity contribution in [3.05, 3.63) is 113 Å². The molecule has 150 heavy (non-hydrogen) atoms. The minimum atomic E-state index is -1.64. The lowest BCUT2D eigenvalue weighted by molar-refractivity contribution is -0.137. The van der Waals surface area contributed by atoms with Gasteiger partial charge < -0.3 is 157 Å². The first kappa shape index (κ1) is 125. The number of aromatic hydroxyl groups is 2. The lowest BCUT2D eigenvalue weighted by Gasteiger charge is -2.37. The van der Waals surface area contributed by atoms with Gasteiger partial charge in [0.1, 0.15) is 90.5 Å². The Kier molecular flexibility index (Phi) is 51.8. The van der Waals surface area contributed by atoms with E-state index in [2.05, 4.69) is 99.0 Å². The zero-order valence-corrected chi connectivity index (χ0v) is 86.9. The molecule has 37 N–H and O–H groups in total. The van der Waals surface area contributed by atoms with E-state index in [1.54, 1.807) is 64.6 Å². The summed E-state index contributed by atoms with van der Waals surface area (Å²) in [5, 5.41) is 64.2. The second kappa shape index (κ2) is 62.3. The summed E-state index contributed by atoms with van der Waals surface area (Å²) in [7, 11) is 1.31. The number of H-pyrrole nitrogens is 1. The maximum absolute atomic E-state index is 14.6. The van der Waals surface area contributed by atoms with Crippen molar-refractivity contribution in [2.45, 2.75) is 264 Å². The van der Waals surface area contributed by atoms with Crippen LogP contribution < -0.4 is 137 Å². The number of imidazole rings is 1. The number of aliphatic hydroxyl groups is 1. The van der Waals surface area contributed by atoms with Crippen LogP contribution in [0.2, 0.25) is 0 Å². The molecule has 0 saturated carbocycles. The third-order valence-corrected chi connectivity index (χ3v) is 24.3. The van der Waals surface area contributed by atoms with Crippen molar-refractivity contribution >= 4 is 135 Å². The van der Waals surface area contributed by atoms with Crippen molar-refractivity contribution in [2.75, 3.05) is 57.8 Å². The maximum Gasteiger partial charge on any atom is 0.261 e. The molecule has 5 aromatic rings. The molecule has 0 unspecified atom stereocenters. The van der Waals surface area contributed by atoms with Gasteiger partial charge in [0.2, 0.25) is 100 Å². The molecule has 3 heterocycles. The number of nitrogens with one attached hydrogen (secondary N) is 14. The van der Waals surface area contributed by atoms with E-state index in [-0.39, 0.29) is 155 Å². The van der Waals surface area contributed by atoms with Crippen molar-refractivity contribution in [2.24, 2.45) is 102 Å². The van der Waals surface area contributed by atoms with Crippen molar-refractivity contribution in [3.63, 3.8) is 0 Å². The third kappa shape index (κ3) is 43.3. The molecule has 6 rings (SSSR count). The normalized spacial score (nSPS) is 15.0. The van der Waals surface area contributed by atoms with Gasteiger partial charge in [-0.25, -0.2) is 9.97 Å². The topological polar surface area (TPSA) is 875 Å². The average Bonchev–Trinajstić information content (AvgIpc) is 0.799. The number of benzene rings is 3. The van der Waals surface area contributed by atoms with E-state index in [4.69, 9.17) is 57.3 Å². The average molecular weight is 2100 g/mol. The quantitative estimate of drug-likeness (QED) is 0.00978. The van der Waals surface area contributed by atoms with Crippen LogP contribution in [0.4, 0.5) is 5.69 Å². The molecule has 2 aromatic heterocycles. The summed E-state index contributed by atoms with van der Waals surface area (Å²) < 4.78 is 1.08. The number of piperazine rings is 1. The highest BCUT2D eigenvalue weighted by atomic mass is 16.3. The minimum absolute atomic E-state index is 0.00479. The van der Waals surface area contributed by atoms with Gasteiger partial charge in [-0.05, 0) is 149 Å². The fraction of sp³-hybridized carbons (Fsp3) is 0.557. The highest BCUT2D eigenvalue weighted by molar-refractivity contribution is 6.00. The highest BCUT2D eigenvalue weighted by Gasteiger charge is 2.40. The maximum atomic E-state index is 14.6. The molecule has 0 radical (unpaired) electrons. The van der Waals surface area contributed by atoms with Crippen LogP contribution in [0.15, 0.2) is 105 Å². The van der Waals surface area contributed by atoms with Gasteiger partial charge in [0.05, 0.1) is 42.1 Å². The lowest BCUT2D eigenvalue weighted by atomic mass is 9.96. The van der Waals surface area contributed by atoms with Crippen LogP contribution in [-0.4, -0.2) is 296 Å². The summed E-state index contributed by atoms with van der Waals surface area (Å²) in [4.78, 5) is 269. The van der Waals surface area contributed by atoms with Crippen LogP contribution >= 0.6 is 0 Å². The molecule has 1 aliphatic heterocycles. The number of aliphatic imine (C=N–C) groups is 3. The molecule has 0 aliphatic carbocycles. The number of phenols is 2. The number of carbonyl (C=O) groups is 17. The number of phenolic OH excluding ortho intramolecular Hbond substituents is 2. The van der Waals surface area contributed by atoms with E-state index in [9.17, 15) is 102 Å². The number of carbonyl (C=O) groups excluding carboxylic acids is 17. The van der Waals surface area contributed by atoms with E-state index < -0.39 is 210 Å². The summed E-state index contributed by atoms with van der Waals surface area (Å²) in [5.74, 6) is -14.7. The van der Waals surface area contributed by atoms with Gasteiger partial charge in [0, 0.05) is 102 Å². The molecule has 0 bridgehead atoms. The Morgan fingerprint density at radius 2 is 0.907 bits per heavy atom. The molecule has 826 valence electrons. The van der Waals surface area contributed by atoms with E-state index in [0.717, 1.165) is 4.57 Å². The number of amides is 17. The summed E-state index contributed by atoms with van der Waals surface area (Å²) >= 11 is 0. The predicted octanol–water partition coefficient (Wildman–Crippen LogP) is -6.60. The van der Waals surface area contributed by atoms with Crippen molar-refractivity contribution in [1.82, 2.24) is 93.5 Å². The third-order valence-electron chi connectivity index (χ3n) is 24.3. The van der Waals surface area contributed by atoms with Crippen molar-refractivity contribution in [3.8, 4) is 11.5 Å². The Morgan fingerprint density at radius 1 is 0.467 bits per heavy atom. The number of guanidine groups is 3. The first-order valence-corrected chi connectivity index (χ1v) is 49.6. The number of fused-ring (bicyclic) bond motifs is 1. The molecular weight excluding hydrogens is 1950 g/mol. The van der Waals surface area contributed by atoms with Gasteiger partial charge in [-0.2, -0.15) is 0 Å².